The number of fused-ring (bicyclic) bond motifs is 1. The number of aliphatic hydroxyl groups excluding tert-OH is 2. The van der Waals surface area contributed by atoms with E-state index in [4.69, 9.17) is 27.9 Å². The molecule has 0 aliphatic carbocycles. The predicted molar refractivity (Wildman–Crippen MR) is 104 cm³/mol. The Morgan fingerprint density at radius 3 is 2.57 bits per heavy atom. The highest BCUT2D eigenvalue weighted by atomic mass is 35.5. The summed E-state index contributed by atoms with van der Waals surface area (Å²) in [5.74, 6) is 0. The lowest BCUT2D eigenvalue weighted by molar-refractivity contribution is -0.135. The topological polar surface area (TPSA) is 101 Å². The summed E-state index contributed by atoms with van der Waals surface area (Å²) in [7, 11) is 0. The molecule has 1 saturated heterocycles. The molecule has 0 saturated carbocycles. The van der Waals surface area contributed by atoms with Crippen LogP contribution in [0.5, 0.6) is 0 Å². The lowest BCUT2D eigenvalue weighted by Crippen LogP contribution is -2.45. The lowest BCUT2D eigenvalue weighted by atomic mass is 9.87. The van der Waals surface area contributed by atoms with Crippen LogP contribution in [-0.4, -0.2) is 48.2 Å². The van der Waals surface area contributed by atoms with Gasteiger partial charge < -0.3 is 24.6 Å². The number of aromatic nitrogens is 3. The Morgan fingerprint density at radius 2 is 1.86 bits per heavy atom. The second kappa shape index (κ2) is 6.95. The average Bonchev–Trinajstić information content (AvgIpc) is 3.20. The average molecular weight is 424 g/mol. The molecular weight excluding hydrogens is 405 g/mol. The molecule has 1 unspecified atom stereocenters. The molecule has 4 rings (SSSR count). The van der Waals surface area contributed by atoms with Crippen molar-refractivity contribution in [3.63, 3.8) is 0 Å². The number of nitrogens with zero attached hydrogens (tertiary/aromatic N) is 3. The van der Waals surface area contributed by atoms with Crippen molar-refractivity contribution < 1.29 is 20.1 Å². The first-order valence-electron chi connectivity index (χ1n) is 8.69. The van der Waals surface area contributed by atoms with Crippen LogP contribution in [0.2, 0.25) is 10.0 Å². The summed E-state index contributed by atoms with van der Waals surface area (Å²) in [4.78, 5) is 8.41. The van der Waals surface area contributed by atoms with Gasteiger partial charge in [0.05, 0.1) is 15.7 Å². The minimum atomic E-state index is -1.63. The van der Waals surface area contributed by atoms with E-state index in [0.29, 0.717) is 16.2 Å². The van der Waals surface area contributed by atoms with Crippen molar-refractivity contribution in [2.75, 3.05) is 0 Å². The number of ether oxygens (including phenoxy) is 1. The summed E-state index contributed by atoms with van der Waals surface area (Å²) in [6.07, 6.45) is -1.51. The summed E-state index contributed by atoms with van der Waals surface area (Å²) in [6.45, 7) is 3.35. The second-order valence-electron chi connectivity index (χ2n) is 7.12. The fourth-order valence-corrected chi connectivity index (χ4v) is 3.93. The molecular formula is C19H19Cl2N3O4. The van der Waals surface area contributed by atoms with Crippen molar-refractivity contribution in [3.8, 4) is 0 Å². The first-order valence-corrected chi connectivity index (χ1v) is 9.45. The summed E-state index contributed by atoms with van der Waals surface area (Å²) in [6, 6.07) is 6.49. The summed E-state index contributed by atoms with van der Waals surface area (Å²) >= 11 is 12.0. The van der Waals surface area contributed by atoms with E-state index in [2.05, 4.69) is 9.97 Å². The fourth-order valence-electron chi connectivity index (χ4n) is 3.63. The number of benzene rings is 1. The maximum atomic E-state index is 11.1. The van der Waals surface area contributed by atoms with Gasteiger partial charge in [0.2, 0.25) is 0 Å². The Hall–Kier alpha value is -1.74. The number of hydrogen-bond donors (Lipinski definition) is 3. The van der Waals surface area contributed by atoms with Crippen molar-refractivity contribution in [3.05, 3.63) is 58.1 Å². The Labute approximate surface area is 171 Å². The van der Waals surface area contributed by atoms with Gasteiger partial charge in [0.15, 0.2) is 6.23 Å². The third kappa shape index (κ3) is 2.99. The molecule has 0 spiro atoms. The maximum Gasteiger partial charge on any atom is 0.164 e. The largest absolute Gasteiger partial charge is 0.387 e. The third-order valence-electron chi connectivity index (χ3n) is 5.28. The van der Waals surface area contributed by atoms with Crippen molar-refractivity contribution in [2.24, 2.45) is 0 Å². The maximum absolute atomic E-state index is 11.1. The molecule has 9 heteroatoms. The third-order valence-corrected chi connectivity index (χ3v) is 6.02. The molecule has 28 heavy (non-hydrogen) atoms. The molecule has 3 heterocycles. The SMILES string of the molecule is Cc1ncnc2c1ccn2[C@@H]1O[C@H](C(C)(O)c2ccc(Cl)c(Cl)c2)[C@@H](O)[C@H]1O. The molecule has 7 nitrogen and oxygen atoms in total. The Morgan fingerprint density at radius 1 is 1.11 bits per heavy atom. The van der Waals surface area contributed by atoms with Crippen LogP contribution in [0, 0.1) is 6.92 Å². The van der Waals surface area contributed by atoms with Crippen molar-refractivity contribution >= 4 is 34.2 Å². The number of rotatable bonds is 3. The molecule has 3 N–H and O–H groups in total. The number of hydrogen-bond acceptors (Lipinski definition) is 6. The molecule has 0 amide bonds. The van der Waals surface area contributed by atoms with Gasteiger partial charge in [-0.2, -0.15) is 0 Å². The second-order valence-corrected chi connectivity index (χ2v) is 7.94. The van der Waals surface area contributed by atoms with Gasteiger partial charge in [-0.1, -0.05) is 29.3 Å². The predicted octanol–water partition coefficient (Wildman–Crippen LogP) is 2.57. The van der Waals surface area contributed by atoms with Crippen LogP contribution < -0.4 is 0 Å². The van der Waals surface area contributed by atoms with E-state index < -0.39 is 30.1 Å². The zero-order chi connectivity index (χ0) is 20.2. The highest BCUT2D eigenvalue weighted by Gasteiger charge is 2.52. The highest BCUT2D eigenvalue weighted by molar-refractivity contribution is 6.42. The van der Waals surface area contributed by atoms with E-state index in [0.717, 1.165) is 11.1 Å². The molecule has 148 valence electrons. The smallest absolute Gasteiger partial charge is 0.164 e. The standard InChI is InChI=1S/C19H19Cl2N3O4/c1-9-11-5-6-24(17(11)23-8-22-9)18-15(26)14(25)16(28-18)19(2,27)10-3-4-12(20)13(21)7-10/h3-8,14-16,18,25-27H,1-2H3/t14-,15+,16-,18+,19?/m0/s1. The van der Waals surface area contributed by atoms with Crippen LogP contribution in [-0.2, 0) is 10.3 Å². The van der Waals surface area contributed by atoms with E-state index in [1.54, 1.807) is 22.9 Å². The first-order chi connectivity index (χ1) is 13.2. The number of aryl methyl sites for hydroxylation is 1. The van der Waals surface area contributed by atoms with E-state index in [1.165, 1.54) is 19.3 Å². The molecule has 1 aromatic carbocycles. The number of aliphatic hydroxyl groups is 3. The molecule has 1 aliphatic rings. The zero-order valence-corrected chi connectivity index (χ0v) is 16.6. The van der Waals surface area contributed by atoms with Crippen LogP contribution in [0.25, 0.3) is 11.0 Å². The highest BCUT2D eigenvalue weighted by Crippen LogP contribution is 2.41. The van der Waals surface area contributed by atoms with Gasteiger partial charge in [0.1, 0.15) is 35.9 Å². The van der Waals surface area contributed by atoms with Gasteiger partial charge in [-0.25, -0.2) is 9.97 Å². The molecule has 0 radical (unpaired) electrons. The van der Waals surface area contributed by atoms with Crippen LogP contribution in [0.1, 0.15) is 24.4 Å². The van der Waals surface area contributed by atoms with Gasteiger partial charge in [-0.05, 0) is 37.6 Å². The van der Waals surface area contributed by atoms with Crippen molar-refractivity contribution in [1.82, 2.24) is 14.5 Å². The van der Waals surface area contributed by atoms with E-state index in [1.807, 2.05) is 13.0 Å². The minimum Gasteiger partial charge on any atom is -0.387 e. The molecule has 2 aromatic heterocycles. The Kier molecular flexibility index (Phi) is 4.86. The summed E-state index contributed by atoms with van der Waals surface area (Å²) in [5.41, 5.74) is 0.140. The molecule has 1 fully saturated rings. The number of halogens is 2. The molecule has 1 aliphatic heterocycles. The molecule has 3 aromatic rings. The molecule has 0 bridgehead atoms. The van der Waals surface area contributed by atoms with E-state index >= 15 is 0 Å². The van der Waals surface area contributed by atoms with Crippen LogP contribution in [0.3, 0.4) is 0 Å². The van der Waals surface area contributed by atoms with Gasteiger partial charge in [-0.15, -0.1) is 0 Å². The Bertz CT molecular complexity index is 1040. The van der Waals surface area contributed by atoms with E-state index in [-0.39, 0.29) is 5.02 Å². The Balaban J connectivity index is 1.71. The van der Waals surface area contributed by atoms with Crippen LogP contribution in [0.15, 0.2) is 36.8 Å². The van der Waals surface area contributed by atoms with Gasteiger partial charge in [-0.3, -0.25) is 0 Å². The van der Waals surface area contributed by atoms with Crippen molar-refractivity contribution in [1.29, 1.82) is 0 Å². The van der Waals surface area contributed by atoms with Crippen LogP contribution >= 0.6 is 23.2 Å². The quantitative estimate of drug-likeness (QED) is 0.598. The summed E-state index contributed by atoms with van der Waals surface area (Å²) in [5, 5.41) is 33.8. The van der Waals surface area contributed by atoms with Crippen LogP contribution in [0.4, 0.5) is 0 Å². The fraction of sp³-hybridized carbons (Fsp3) is 0.368. The molecule has 5 atom stereocenters. The zero-order valence-electron chi connectivity index (χ0n) is 15.1. The van der Waals surface area contributed by atoms with Gasteiger partial charge in [0, 0.05) is 11.6 Å². The minimum absolute atomic E-state index is 0.271. The van der Waals surface area contributed by atoms with Crippen molar-refractivity contribution in [2.45, 2.75) is 44.0 Å². The van der Waals surface area contributed by atoms with Gasteiger partial charge in [0.25, 0.3) is 0 Å². The summed E-state index contributed by atoms with van der Waals surface area (Å²) < 4.78 is 7.57. The van der Waals surface area contributed by atoms with Gasteiger partial charge >= 0.3 is 0 Å². The normalized spacial score (nSPS) is 27.2. The first kappa shape index (κ1) is 19.6. The lowest BCUT2D eigenvalue weighted by Gasteiger charge is -2.32. The monoisotopic (exact) mass is 423 g/mol. The van der Waals surface area contributed by atoms with E-state index in [9.17, 15) is 15.3 Å².